The molecule has 5 heteroatoms. The van der Waals surface area contributed by atoms with Gasteiger partial charge in [0, 0.05) is 21.1 Å². The standard InChI is InChI=1S/C19H16BrNO2S/c1-23-15-7-4-6-14(12-15)21(13-16-8-5-11-24-16)19(22)17-9-2-3-10-18(17)20/h2-12H,13H2,1H3. The maximum Gasteiger partial charge on any atom is 0.259 e. The van der Waals surface area contributed by atoms with Crippen molar-refractivity contribution in [3.05, 3.63) is 81.0 Å². The second-order valence-electron chi connectivity index (χ2n) is 5.15. The van der Waals surface area contributed by atoms with Crippen molar-refractivity contribution in [2.24, 2.45) is 0 Å². The number of carbonyl (C=O) groups is 1. The van der Waals surface area contributed by atoms with Crippen LogP contribution in [-0.4, -0.2) is 13.0 Å². The second kappa shape index (κ2) is 7.64. The molecule has 0 N–H and O–H groups in total. The summed E-state index contributed by atoms with van der Waals surface area (Å²) in [5.41, 5.74) is 1.44. The molecule has 3 nitrogen and oxygen atoms in total. The van der Waals surface area contributed by atoms with Crippen LogP contribution in [0.3, 0.4) is 0 Å². The number of rotatable bonds is 5. The highest BCUT2D eigenvalue weighted by atomic mass is 79.9. The SMILES string of the molecule is COc1cccc(N(Cc2cccs2)C(=O)c2ccccc2Br)c1. The van der Waals surface area contributed by atoms with Gasteiger partial charge in [-0.3, -0.25) is 4.79 Å². The average Bonchev–Trinajstić information content (AvgIpc) is 3.13. The molecular weight excluding hydrogens is 386 g/mol. The summed E-state index contributed by atoms with van der Waals surface area (Å²) in [6.45, 7) is 0.519. The summed E-state index contributed by atoms with van der Waals surface area (Å²) in [5, 5.41) is 2.02. The molecule has 1 amide bonds. The fourth-order valence-corrected chi connectivity index (χ4v) is 3.54. The highest BCUT2D eigenvalue weighted by molar-refractivity contribution is 9.10. The number of nitrogens with zero attached hydrogens (tertiary/aromatic N) is 1. The molecule has 1 heterocycles. The summed E-state index contributed by atoms with van der Waals surface area (Å²) >= 11 is 5.11. The van der Waals surface area contributed by atoms with Gasteiger partial charge in [-0.05, 0) is 51.6 Å². The Morgan fingerprint density at radius 1 is 1.12 bits per heavy atom. The molecule has 0 aliphatic carbocycles. The van der Waals surface area contributed by atoms with E-state index in [1.54, 1.807) is 23.3 Å². The van der Waals surface area contributed by atoms with E-state index in [1.165, 1.54) is 0 Å². The van der Waals surface area contributed by atoms with Gasteiger partial charge in [0.1, 0.15) is 5.75 Å². The number of thiophene rings is 1. The van der Waals surface area contributed by atoms with E-state index >= 15 is 0 Å². The molecule has 1 aromatic heterocycles. The number of ether oxygens (including phenoxy) is 1. The van der Waals surface area contributed by atoms with Crippen LogP contribution in [0.4, 0.5) is 5.69 Å². The molecule has 0 fully saturated rings. The average molecular weight is 402 g/mol. The smallest absolute Gasteiger partial charge is 0.259 e. The quantitative estimate of drug-likeness (QED) is 0.575. The van der Waals surface area contributed by atoms with Crippen molar-refractivity contribution < 1.29 is 9.53 Å². The van der Waals surface area contributed by atoms with Crippen LogP contribution in [0.25, 0.3) is 0 Å². The minimum absolute atomic E-state index is 0.0517. The zero-order valence-electron chi connectivity index (χ0n) is 13.1. The third kappa shape index (κ3) is 3.68. The summed E-state index contributed by atoms with van der Waals surface area (Å²) in [6.07, 6.45) is 0. The molecule has 0 spiro atoms. The Labute approximate surface area is 153 Å². The topological polar surface area (TPSA) is 29.5 Å². The summed E-state index contributed by atoms with van der Waals surface area (Å²) in [6, 6.07) is 19.1. The number of anilines is 1. The summed E-state index contributed by atoms with van der Waals surface area (Å²) in [4.78, 5) is 16.0. The number of methoxy groups -OCH3 is 1. The molecule has 122 valence electrons. The Kier molecular flexibility index (Phi) is 5.33. The number of hydrogen-bond acceptors (Lipinski definition) is 3. The molecule has 0 unspecified atom stereocenters. The molecule has 0 atom stereocenters. The summed E-state index contributed by atoms with van der Waals surface area (Å²) in [7, 11) is 1.62. The number of amides is 1. The Hall–Kier alpha value is -2.11. The van der Waals surface area contributed by atoms with Gasteiger partial charge in [0.15, 0.2) is 0 Å². The molecule has 3 aromatic rings. The lowest BCUT2D eigenvalue weighted by Crippen LogP contribution is -2.30. The zero-order valence-corrected chi connectivity index (χ0v) is 15.5. The number of hydrogen-bond donors (Lipinski definition) is 0. The molecule has 0 aliphatic heterocycles. The van der Waals surface area contributed by atoms with Gasteiger partial charge in [-0.1, -0.05) is 24.3 Å². The molecule has 0 bridgehead atoms. The zero-order chi connectivity index (χ0) is 16.9. The highest BCUT2D eigenvalue weighted by Gasteiger charge is 2.21. The lowest BCUT2D eigenvalue weighted by atomic mass is 10.1. The van der Waals surface area contributed by atoms with Crippen molar-refractivity contribution in [1.82, 2.24) is 0 Å². The third-order valence-electron chi connectivity index (χ3n) is 3.61. The van der Waals surface area contributed by atoms with Crippen molar-refractivity contribution in [2.45, 2.75) is 6.54 Å². The van der Waals surface area contributed by atoms with E-state index in [9.17, 15) is 4.79 Å². The van der Waals surface area contributed by atoms with Crippen LogP contribution in [0.15, 0.2) is 70.5 Å². The maximum atomic E-state index is 13.2. The molecule has 0 saturated carbocycles. The number of benzene rings is 2. The number of carbonyl (C=O) groups excluding carboxylic acids is 1. The minimum Gasteiger partial charge on any atom is -0.497 e. The van der Waals surface area contributed by atoms with Gasteiger partial charge in [-0.15, -0.1) is 11.3 Å². The maximum absolute atomic E-state index is 13.2. The Morgan fingerprint density at radius 2 is 1.96 bits per heavy atom. The van der Waals surface area contributed by atoms with Crippen LogP contribution in [0.5, 0.6) is 5.75 Å². The second-order valence-corrected chi connectivity index (χ2v) is 7.04. The number of halogens is 1. The van der Waals surface area contributed by atoms with E-state index in [4.69, 9.17) is 4.74 Å². The lowest BCUT2D eigenvalue weighted by Gasteiger charge is -2.23. The molecule has 0 radical (unpaired) electrons. The predicted octanol–water partition coefficient (Wildman–Crippen LogP) is 5.37. The minimum atomic E-state index is -0.0517. The monoisotopic (exact) mass is 401 g/mol. The van der Waals surface area contributed by atoms with Gasteiger partial charge >= 0.3 is 0 Å². The van der Waals surface area contributed by atoms with E-state index in [2.05, 4.69) is 15.9 Å². The molecule has 0 aliphatic rings. The van der Waals surface area contributed by atoms with E-state index in [0.29, 0.717) is 12.1 Å². The van der Waals surface area contributed by atoms with Crippen molar-refractivity contribution >= 4 is 38.9 Å². The first-order valence-corrected chi connectivity index (χ1v) is 9.09. The fraction of sp³-hybridized carbons (Fsp3) is 0.105. The van der Waals surface area contributed by atoms with Gasteiger partial charge in [0.05, 0.1) is 19.2 Å². The van der Waals surface area contributed by atoms with E-state index in [0.717, 1.165) is 20.8 Å². The molecular formula is C19H16BrNO2S. The molecule has 2 aromatic carbocycles. The largest absolute Gasteiger partial charge is 0.497 e. The van der Waals surface area contributed by atoms with Crippen LogP contribution >= 0.6 is 27.3 Å². The van der Waals surface area contributed by atoms with Crippen LogP contribution in [-0.2, 0) is 6.54 Å². The van der Waals surface area contributed by atoms with Crippen molar-refractivity contribution in [3.8, 4) is 5.75 Å². The third-order valence-corrected chi connectivity index (χ3v) is 5.16. The van der Waals surface area contributed by atoms with Gasteiger partial charge in [-0.2, -0.15) is 0 Å². The molecule has 3 rings (SSSR count). The Balaban J connectivity index is 2.01. The Bertz CT molecular complexity index is 833. The van der Waals surface area contributed by atoms with Gasteiger partial charge < -0.3 is 9.64 Å². The fourth-order valence-electron chi connectivity index (χ4n) is 2.40. The van der Waals surface area contributed by atoms with Crippen LogP contribution in [0.2, 0.25) is 0 Å². The van der Waals surface area contributed by atoms with Gasteiger partial charge in [0.2, 0.25) is 0 Å². The highest BCUT2D eigenvalue weighted by Crippen LogP contribution is 2.27. The first-order valence-electron chi connectivity index (χ1n) is 7.42. The first kappa shape index (κ1) is 16.7. The van der Waals surface area contributed by atoms with E-state index in [1.807, 2.05) is 66.0 Å². The summed E-state index contributed by atoms with van der Waals surface area (Å²) in [5.74, 6) is 0.674. The molecule has 24 heavy (non-hydrogen) atoms. The Morgan fingerprint density at radius 3 is 2.67 bits per heavy atom. The molecule has 0 saturated heterocycles. The van der Waals surface area contributed by atoms with Crippen LogP contribution < -0.4 is 9.64 Å². The van der Waals surface area contributed by atoms with Crippen molar-refractivity contribution in [1.29, 1.82) is 0 Å². The van der Waals surface area contributed by atoms with Crippen LogP contribution in [0.1, 0.15) is 15.2 Å². The van der Waals surface area contributed by atoms with Gasteiger partial charge in [0.25, 0.3) is 5.91 Å². The van der Waals surface area contributed by atoms with E-state index in [-0.39, 0.29) is 5.91 Å². The lowest BCUT2D eigenvalue weighted by molar-refractivity contribution is 0.0984. The van der Waals surface area contributed by atoms with Crippen LogP contribution in [0, 0.1) is 0 Å². The first-order chi connectivity index (χ1) is 11.7. The summed E-state index contributed by atoms with van der Waals surface area (Å²) < 4.78 is 6.09. The van der Waals surface area contributed by atoms with Crippen molar-refractivity contribution in [3.63, 3.8) is 0 Å². The predicted molar refractivity (Wildman–Crippen MR) is 102 cm³/mol. The van der Waals surface area contributed by atoms with E-state index < -0.39 is 0 Å². The van der Waals surface area contributed by atoms with Gasteiger partial charge in [-0.25, -0.2) is 0 Å². The van der Waals surface area contributed by atoms with Crippen molar-refractivity contribution in [2.75, 3.05) is 12.0 Å². The normalized spacial score (nSPS) is 10.4.